The summed E-state index contributed by atoms with van der Waals surface area (Å²) in [5, 5.41) is 0. The van der Waals surface area contributed by atoms with E-state index in [9.17, 15) is 12.8 Å². The lowest BCUT2D eigenvalue weighted by Gasteiger charge is -2.18. The fourth-order valence-electron chi connectivity index (χ4n) is 2.84. The molecule has 1 aromatic rings. The minimum atomic E-state index is -3.29. The van der Waals surface area contributed by atoms with Crippen LogP contribution >= 0.6 is 0 Å². The van der Waals surface area contributed by atoms with Crippen LogP contribution in [-0.2, 0) is 16.3 Å². The molecule has 1 aromatic carbocycles. The zero-order valence-electron chi connectivity index (χ0n) is 12.8. The number of hydrogen-bond acceptors (Lipinski definition) is 2. The van der Waals surface area contributed by atoms with Gasteiger partial charge in [-0.15, -0.1) is 0 Å². The highest BCUT2D eigenvalue weighted by Gasteiger charge is 2.20. The summed E-state index contributed by atoms with van der Waals surface area (Å²) in [5.74, 6) is -0.293. The van der Waals surface area contributed by atoms with Crippen LogP contribution in [-0.4, -0.2) is 14.7 Å². The van der Waals surface area contributed by atoms with E-state index in [2.05, 4.69) is 0 Å². The Morgan fingerprint density at radius 3 is 2.26 bits per heavy atom. The van der Waals surface area contributed by atoms with Crippen molar-refractivity contribution in [2.45, 2.75) is 12.8 Å². The number of allylic oxidation sites excluding steroid dienone is 9. The predicted molar refractivity (Wildman–Crippen MR) is 91.0 cm³/mol. The second kappa shape index (κ2) is 6.13. The van der Waals surface area contributed by atoms with Crippen molar-refractivity contribution in [3.8, 4) is 0 Å². The molecule has 0 N–H and O–H groups in total. The van der Waals surface area contributed by atoms with Gasteiger partial charge in [0.15, 0.2) is 9.84 Å². The Kier molecular flexibility index (Phi) is 4.18. The Balaban J connectivity index is 1.99. The van der Waals surface area contributed by atoms with Gasteiger partial charge < -0.3 is 0 Å². The summed E-state index contributed by atoms with van der Waals surface area (Å²) in [4.78, 5) is 0.372. The summed E-state index contributed by atoms with van der Waals surface area (Å²) in [6, 6.07) is 6.19. The average Bonchev–Trinajstić information content (AvgIpc) is 3.03. The number of halogens is 1. The molecular formula is C19H17FO2S. The van der Waals surface area contributed by atoms with Crippen molar-refractivity contribution in [2.75, 3.05) is 6.26 Å². The van der Waals surface area contributed by atoms with Crippen molar-refractivity contribution >= 4 is 9.84 Å². The number of hydrogen-bond donors (Lipinski definition) is 0. The quantitative estimate of drug-likeness (QED) is 0.839. The lowest BCUT2D eigenvalue weighted by atomic mass is 9.91. The van der Waals surface area contributed by atoms with E-state index in [0.717, 1.165) is 22.3 Å². The summed E-state index contributed by atoms with van der Waals surface area (Å²) in [5.41, 5.74) is 3.95. The van der Waals surface area contributed by atoms with E-state index in [1.54, 1.807) is 18.2 Å². The first-order valence-corrected chi connectivity index (χ1v) is 9.25. The summed E-state index contributed by atoms with van der Waals surface area (Å²) in [6.07, 6.45) is 13.8. The molecule has 2 aliphatic carbocycles. The van der Waals surface area contributed by atoms with Gasteiger partial charge in [-0.05, 0) is 53.3 Å². The molecule has 0 saturated carbocycles. The fourth-order valence-corrected chi connectivity index (χ4v) is 3.82. The SMILES string of the molecule is CS(=O)(=O)C1=C(Cc2ccc(F)cc2)CC(=C2C=CC=C2)C=C1. The zero-order valence-corrected chi connectivity index (χ0v) is 13.6. The van der Waals surface area contributed by atoms with Crippen LogP contribution in [0.2, 0.25) is 0 Å². The van der Waals surface area contributed by atoms with Gasteiger partial charge >= 0.3 is 0 Å². The van der Waals surface area contributed by atoms with Gasteiger partial charge in [-0.2, -0.15) is 0 Å². The minimum Gasteiger partial charge on any atom is -0.224 e. The van der Waals surface area contributed by atoms with Gasteiger partial charge in [0.2, 0.25) is 0 Å². The van der Waals surface area contributed by atoms with Crippen molar-refractivity contribution < 1.29 is 12.8 Å². The first-order chi connectivity index (χ1) is 10.9. The van der Waals surface area contributed by atoms with Gasteiger partial charge in [-0.25, -0.2) is 12.8 Å². The molecule has 2 nitrogen and oxygen atoms in total. The summed E-state index contributed by atoms with van der Waals surface area (Å²) < 4.78 is 37.2. The lowest BCUT2D eigenvalue weighted by Crippen LogP contribution is -2.09. The van der Waals surface area contributed by atoms with E-state index in [4.69, 9.17) is 0 Å². The van der Waals surface area contributed by atoms with Crippen LogP contribution in [0.4, 0.5) is 4.39 Å². The largest absolute Gasteiger partial charge is 0.224 e. The lowest BCUT2D eigenvalue weighted by molar-refractivity contribution is 0.607. The van der Waals surface area contributed by atoms with Crippen molar-refractivity contribution in [1.82, 2.24) is 0 Å². The third kappa shape index (κ3) is 3.59. The first-order valence-electron chi connectivity index (χ1n) is 7.36. The van der Waals surface area contributed by atoms with Gasteiger partial charge in [0.1, 0.15) is 5.82 Å². The van der Waals surface area contributed by atoms with Crippen molar-refractivity contribution in [3.63, 3.8) is 0 Å². The minimum absolute atomic E-state index is 0.293. The molecule has 0 fully saturated rings. The van der Waals surface area contributed by atoms with Gasteiger partial charge in [0.05, 0.1) is 4.91 Å². The molecule has 0 heterocycles. The highest BCUT2D eigenvalue weighted by molar-refractivity contribution is 7.94. The monoisotopic (exact) mass is 328 g/mol. The average molecular weight is 328 g/mol. The standard InChI is InChI=1S/C19H17FO2S/c1-23(21,22)19-11-8-16(15-4-2-3-5-15)13-17(19)12-14-6-9-18(20)10-7-14/h2-11H,12-13H2,1H3. The molecule has 0 bridgehead atoms. The third-order valence-electron chi connectivity index (χ3n) is 3.95. The molecule has 0 atom stereocenters. The van der Waals surface area contributed by atoms with E-state index in [1.807, 2.05) is 30.4 Å². The number of benzene rings is 1. The summed E-state index contributed by atoms with van der Waals surface area (Å²) in [6.45, 7) is 0. The molecular weight excluding hydrogens is 311 g/mol. The van der Waals surface area contributed by atoms with Crippen LogP contribution in [0.25, 0.3) is 0 Å². The van der Waals surface area contributed by atoms with Gasteiger partial charge in [-0.3, -0.25) is 0 Å². The number of rotatable bonds is 3. The number of sulfone groups is 1. The van der Waals surface area contributed by atoms with E-state index >= 15 is 0 Å². The molecule has 0 radical (unpaired) electrons. The molecule has 4 heteroatoms. The van der Waals surface area contributed by atoms with Gasteiger partial charge in [-0.1, -0.05) is 42.5 Å². The van der Waals surface area contributed by atoms with Gasteiger partial charge in [0, 0.05) is 6.26 Å². The maximum atomic E-state index is 13.1. The Morgan fingerprint density at radius 1 is 1.00 bits per heavy atom. The van der Waals surface area contributed by atoms with Crippen molar-refractivity contribution in [3.05, 3.63) is 93.7 Å². The highest BCUT2D eigenvalue weighted by Crippen LogP contribution is 2.32. The van der Waals surface area contributed by atoms with Gasteiger partial charge in [0.25, 0.3) is 0 Å². The third-order valence-corrected chi connectivity index (χ3v) is 5.18. The van der Waals surface area contributed by atoms with Crippen LogP contribution in [0, 0.1) is 5.82 Å². The van der Waals surface area contributed by atoms with Crippen LogP contribution in [0.1, 0.15) is 12.0 Å². The Bertz CT molecular complexity index is 866. The van der Waals surface area contributed by atoms with Crippen LogP contribution < -0.4 is 0 Å². The molecule has 0 unspecified atom stereocenters. The maximum absolute atomic E-state index is 13.1. The van der Waals surface area contributed by atoms with Crippen LogP contribution in [0.5, 0.6) is 0 Å². The molecule has 118 valence electrons. The van der Waals surface area contributed by atoms with Crippen molar-refractivity contribution in [2.24, 2.45) is 0 Å². The molecule has 2 aliphatic rings. The van der Waals surface area contributed by atoms with Crippen molar-refractivity contribution in [1.29, 1.82) is 0 Å². The molecule has 0 aromatic heterocycles. The first kappa shape index (κ1) is 15.7. The smallest absolute Gasteiger partial charge is 0.175 e. The molecule has 0 amide bonds. The Morgan fingerprint density at radius 2 is 1.65 bits per heavy atom. The highest BCUT2D eigenvalue weighted by atomic mass is 32.2. The summed E-state index contributed by atoms with van der Waals surface area (Å²) >= 11 is 0. The topological polar surface area (TPSA) is 34.1 Å². The maximum Gasteiger partial charge on any atom is 0.175 e. The van der Waals surface area contributed by atoms with E-state index < -0.39 is 9.84 Å². The Labute approximate surface area is 136 Å². The molecule has 23 heavy (non-hydrogen) atoms. The van der Waals surface area contributed by atoms with E-state index in [1.165, 1.54) is 18.4 Å². The molecule has 0 saturated heterocycles. The zero-order chi connectivity index (χ0) is 16.4. The second-order valence-electron chi connectivity index (χ2n) is 5.75. The van der Waals surface area contributed by atoms with E-state index in [-0.39, 0.29) is 5.82 Å². The molecule has 0 aliphatic heterocycles. The van der Waals surface area contributed by atoms with Crippen LogP contribution in [0.3, 0.4) is 0 Å². The van der Waals surface area contributed by atoms with Crippen LogP contribution in [0.15, 0.2) is 82.3 Å². The normalized spacial score (nSPS) is 17.5. The summed E-state index contributed by atoms with van der Waals surface area (Å²) in [7, 11) is -3.29. The predicted octanol–water partition coefficient (Wildman–Crippen LogP) is 4.05. The van der Waals surface area contributed by atoms with E-state index in [0.29, 0.717) is 17.7 Å². The second-order valence-corrected chi connectivity index (χ2v) is 7.74. The fraction of sp³-hybridized carbons (Fsp3) is 0.158. The molecule has 0 spiro atoms. The molecule has 3 rings (SSSR count). The Hall–Kier alpha value is -2.20.